The third-order valence-electron chi connectivity index (χ3n) is 4.30. The molecule has 1 atom stereocenters. The van der Waals surface area contributed by atoms with E-state index in [1.54, 1.807) is 11.1 Å². The summed E-state index contributed by atoms with van der Waals surface area (Å²) in [7, 11) is 0. The van der Waals surface area contributed by atoms with Gasteiger partial charge in [-0.05, 0) is 68.6 Å². The van der Waals surface area contributed by atoms with Crippen LogP contribution in [0.4, 0.5) is 0 Å². The summed E-state index contributed by atoms with van der Waals surface area (Å²) in [4.78, 5) is 0. The lowest BCUT2D eigenvalue weighted by Gasteiger charge is -2.28. The number of fused-ring (bicyclic) bond motifs is 1. The van der Waals surface area contributed by atoms with Gasteiger partial charge < -0.3 is 5.32 Å². The highest BCUT2D eigenvalue weighted by molar-refractivity contribution is 5.42. The van der Waals surface area contributed by atoms with Gasteiger partial charge in [-0.3, -0.25) is 0 Å². The van der Waals surface area contributed by atoms with Crippen LogP contribution in [0.5, 0.6) is 0 Å². The van der Waals surface area contributed by atoms with Crippen molar-refractivity contribution in [3.05, 3.63) is 34.4 Å². The van der Waals surface area contributed by atoms with Gasteiger partial charge in [-0.15, -0.1) is 0 Å². The molecule has 2 aliphatic rings. The summed E-state index contributed by atoms with van der Waals surface area (Å²) < 4.78 is 0. The molecule has 1 fully saturated rings. The lowest BCUT2D eigenvalue weighted by Crippen LogP contribution is -2.26. The molecule has 2 aliphatic carbocycles. The monoisotopic (exact) mass is 229 g/mol. The van der Waals surface area contributed by atoms with Gasteiger partial charge in [0, 0.05) is 12.6 Å². The van der Waals surface area contributed by atoms with E-state index in [9.17, 15) is 0 Å². The highest BCUT2D eigenvalue weighted by atomic mass is 14.9. The molecule has 1 saturated carbocycles. The molecule has 1 aromatic rings. The molecule has 17 heavy (non-hydrogen) atoms. The van der Waals surface area contributed by atoms with Crippen molar-refractivity contribution in [3.63, 3.8) is 0 Å². The average molecular weight is 229 g/mol. The second kappa shape index (κ2) is 4.45. The Labute approximate surface area is 105 Å². The molecule has 0 aromatic heterocycles. The Morgan fingerprint density at radius 1 is 1.18 bits per heavy atom. The summed E-state index contributed by atoms with van der Waals surface area (Å²) in [5.41, 5.74) is 6.22. The van der Waals surface area contributed by atoms with Gasteiger partial charge >= 0.3 is 0 Å². The van der Waals surface area contributed by atoms with E-state index in [-0.39, 0.29) is 0 Å². The minimum Gasteiger partial charge on any atom is -0.313 e. The van der Waals surface area contributed by atoms with E-state index in [0.717, 1.165) is 12.0 Å². The Balaban J connectivity index is 1.83. The molecule has 0 radical (unpaired) electrons. The molecule has 0 aliphatic heterocycles. The van der Waals surface area contributed by atoms with Crippen molar-refractivity contribution in [1.29, 1.82) is 0 Å². The van der Waals surface area contributed by atoms with Crippen molar-refractivity contribution < 1.29 is 0 Å². The van der Waals surface area contributed by atoms with Gasteiger partial charge in [0.05, 0.1) is 0 Å². The van der Waals surface area contributed by atoms with Gasteiger partial charge in [0.1, 0.15) is 0 Å². The fourth-order valence-electron chi connectivity index (χ4n) is 3.23. The SMILES string of the molecule is Cc1cc(C)c2c(c1)C(CNC1CC1)CCC2. The lowest BCUT2D eigenvalue weighted by atomic mass is 9.80. The average Bonchev–Trinajstić information content (AvgIpc) is 3.10. The zero-order chi connectivity index (χ0) is 11.8. The van der Waals surface area contributed by atoms with Gasteiger partial charge in [-0.25, -0.2) is 0 Å². The molecule has 1 nitrogen and oxygen atoms in total. The molecule has 0 amide bonds. The van der Waals surface area contributed by atoms with E-state index in [4.69, 9.17) is 0 Å². The first-order valence-electron chi connectivity index (χ1n) is 7.07. The second-order valence-electron chi connectivity index (χ2n) is 5.92. The Morgan fingerprint density at radius 3 is 2.76 bits per heavy atom. The summed E-state index contributed by atoms with van der Waals surface area (Å²) in [5.74, 6) is 0.762. The Hall–Kier alpha value is -0.820. The van der Waals surface area contributed by atoms with Gasteiger partial charge in [0.2, 0.25) is 0 Å². The van der Waals surface area contributed by atoms with E-state index >= 15 is 0 Å². The summed E-state index contributed by atoms with van der Waals surface area (Å²) in [6, 6.07) is 5.61. The molecule has 3 rings (SSSR count). The van der Waals surface area contributed by atoms with Gasteiger partial charge in [0.15, 0.2) is 0 Å². The number of hydrogen-bond acceptors (Lipinski definition) is 1. The van der Waals surface area contributed by atoms with Crippen LogP contribution in [0.2, 0.25) is 0 Å². The molecule has 92 valence electrons. The van der Waals surface area contributed by atoms with Crippen LogP contribution in [-0.2, 0) is 6.42 Å². The first-order chi connectivity index (χ1) is 8.24. The maximum atomic E-state index is 3.71. The number of aryl methyl sites for hydroxylation is 2. The van der Waals surface area contributed by atoms with Crippen molar-refractivity contribution in [2.45, 2.75) is 57.9 Å². The van der Waals surface area contributed by atoms with Crippen LogP contribution in [0.15, 0.2) is 12.1 Å². The maximum absolute atomic E-state index is 3.71. The lowest BCUT2D eigenvalue weighted by molar-refractivity contribution is 0.504. The van der Waals surface area contributed by atoms with Gasteiger partial charge in [0.25, 0.3) is 0 Å². The fourth-order valence-corrected chi connectivity index (χ4v) is 3.23. The molecule has 0 heterocycles. The van der Waals surface area contributed by atoms with Crippen LogP contribution >= 0.6 is 0 Å². The van der Waals surface area contributed by atoms with Crippen LogP contribution in [0.3, 0.4) is 0 Å². The molecule has 1 heteroatoms. The van der Waals surface area contributed by atoms with Crippen molar-refractivity contribution in [1.82, 2.24) is 5.32 Å². The first-order valence-corrected chi connectivity index (χ1v) is 7.07. The first kappa shape index (κ1) is 11.3. The largest absolute Gasteiger partial charge is 0.313 e. The highest BCUT2D eigenvalue weighted by Crippen LogP contribution is 2.34. The Bertz CT molecular complexity index is 418. The predicted octanol–water partition coefficient (Wildman–Crippen LogP) is 3.48. The quantitative estimate of drug-likeness (QED) is 0.837. The molecule has 1 aromatic carbocycles. The third-order valence-corrected chi connectivity index (χ3v) is 4.30. The zero-order valence-electron chi connectivity index (χ0n) is 11.1. The number of rotatable bonds is 3. The predicted molar refractivity (Wildman–Crippen MR) is 72.6 cm³/mol. The van der Waals surface area contributed by atoms with Crippen molar-refractivity contribution in [3.8, 4) is 0 Å². The summed E-state index contributed by atoms with van der Waals surface area (Å²) >= 11 is 0. The number of nitrogens with one attached hydrogen (secondary N) is 1. The molecule has 1 N–H and O–H groups in total. The molecular formula is C16H23N. The van der Waals surface area contributed by atoms with Crippen LogP contribution in [0.25, 0.3) is 0 Å². The van der Waals surface area contributed by atoms with Crippen LogP contribution in [0, 0.1) is 13.8 Å². The standard InChI is InChI=1S/C16H23N/c1-11-8-12(2)15-5-3-4-13(16(15)9-11)10-17-14-6-7-14/h8-9,13-14,17H,3-7,10H2,1-2H3. The summed E-state index contributed by atoms with van der Waals surface area (Å²) in [6.07, 6.45) is 6.82. The van der Waals surface area contributed by atoms with Crippen molar-refractivity contribution >= 4 is 0 Å². The maximum Gasteiger partial charge on any atom is 0.00684 e. The van der Waals surface area contributed by atoms with Gasteiger partial charge in [-0.2, -0.15) is 0 Å². The second-order valence-corrected chi connectivity index (χ2v) is 5.92. The Kier molecular flexibility index (Phi) is 2.96. The van der Waals surface area contributed by atoms with E-state index in [1.807, 2.05) is 0 Å². The highest BCUT2D eigenvalue weighted by Gasteiger charge is 2.25. The van der Waals surface area contributed by atoms with Crippen LogP contribution < -0.4 is 5.32 Å². The molecule has 1 unspecified atom stereocenters. The third kappa shape index (κ3) is 2.40. The van der Waals surface area contributed by atoms with Crippen molar-refractivity contribution in [2.75, 3.05) is 6.54 Å². The van der Waals surface area contributed by atoms with Gasteiger partial charge in [-0.1, -0.05) is 17.7 Å². The van der Waals surface area contributed by atoms with E-state index in [2.05, 4.69) is 31.3 Å². The molecule has 0 spiro atoms. The number of benzene rings is 1. The van der Waals surface area contributed by atoms with Crippen LogP contribution in [-0.4, -0.2) is 12.6 Å². The number of hydrogen-bond donors (Lipinski definition) is 1. The van der Waals surface area contributed by atoms with Crippen LogP contribution in [0.1, 0.15) is 53.9 Å². The smallest absolute Gasteiger partial charge is 0.00684 e. The van der Waals surface area contributed by atoms with E-state index < -0.39 is 0 Å². The summed E-state index contributed by atoms with van der Waals surface area (Å²) in [6.45, 7) is 5.70. The summed E-state index contributed by atoms with van der Waals surface area (Å²) in [5, 5.41) is 3.71. The topological polar surface area (TPSA) is 12.0 Å². The molecule has 0 bridgehead atoms. The zero-order valence-corrected chi connectivity index (χ0v) is 11.1. The molecular weight excluding hydrogens is 206 g/mol. The van der Waals surface area contributed by atoms with E-state index in [1.165, 1.54) is 49.8 Å². The minimum atomic E-state index is 0.762. The molecule has 0 saturated heterocycles. The fraction of sp³-hybridized carbons (Fsp3) is 0.625. The van der Waals surface area contributed by atoms with E-state index in [0.29, 0.717) is 0 Å². The minimum absolute atomic E-state index is 0.762. The van der Waals surface area contributed by atoms with Crippen molar-refractivity contribution in [2.24, 2.45) is 0 Å². The Morgan fingerprint density at radius 2 is 2.00 bits per heavy atom. The normalized spacial score (nSPS) is 23.5.